The summed E-state index contributed by atoms with van der Waals surface area (Å²) < 4.78 is 79.6. The molecule has 1 amide bonds. The fourth-order valence-electron chi connectivity index (χ4n) is 12.9. The zero-order valence-electron chi connectivity index (χ0n) is 71.3. The summed E-state index contributed by atoms with van der Waals surface area (Å²) in [5.41, 5.74) is 12.7. The maximum Gasteiger partial charge on any atom is 0.337 e. The first-order valence-corrected chi connectivity index (χ1v) is 41.2. The van der Waals surface area contributed by atoms with Gasteiger partial charge in [-0.1, -0.05) is 33.9 Å². The van der Waals surface area contributed by atoms with Crippen molar-refractivity contribution < 1.29 is 65.2 Å². The molecule has 10 aromatic carbocycles. The van der Waals surface area contributed by atoms with E-state index in [1.54, 1.807) is 122 Å². The Morgan fingerprint density at radius 1 is 0.396 bits per heavy atom. The Balaban J connectivity index is 0.000000184. The van der Waals surface area contributed by atoms with Crippen LogP contribution < -0.4 is 32.6 Å². The van der Waals surface area contributed by atoms with Gasteiger partial charge in [-0.15, -0.1) is 0 Å². The molecule has 0 spiro atoms. The summed E-state index contributed by atoms with van der Waals surface area (Å²) in [5, 5.41) is 25.3. The van der Waals surface area contributed by atoms with E-state index in [4.69, 9.17) is 27.2 Å². The number of imidazole rings is 2. The third-order valence-corrected chi connectivity index (χ3v) is 19.7. The number of hydrogen-bond donors (Lipinski definition) is 9. The molecule has 0 aliphatic carbocycles. The molecule has 0 unspecified atom stereocenters. The molecule has 0 aliphatic rings. The maximum atomic E-state index is 13.3. The minimum atomic E-state index is -1.01. The number of carbonyl (C=O) groups is 5. The Kier molecular flexibility index (Phi) is 37.1. The summed E-state index contributed by atoms with van der Waals surface area (Å²) in [4.78, 5) is 128. The lowest BCUT2D eigenvalue weighted by Gasteiger charge is -2.11. The van der Waals surface area contributed by atoms with Crippen LogP contribution in [0.1, 0.15) is 119 Å². The molecular weight excluding hydrogens is 1750 g/mol. The van der Waals surface area contributed by atoms with Gasteiger partial charge >= 0.3 is 23.9 Å². The summed E-state index contributed by atoms with van der Waals surface area (Å²) in [5.74, 6) is 1.64. The molecule has 0 aliphatic heterocycles. The topological polar surface area (TPSA) is 414 Å². The van der Waals surface area contributed by atoms with Crippen LogP contribution in [0, 0.1) is 29.1 Å². The van der Waals surface area contributed by atoms with Crippen LogP contribution in [-0.2, 0) is 27.1 Å². The molecule has 0 saturated heterocycles. The first-order valence-electron chi connectivity index (χ1n) is 40.8. The molecule has 17 rings (SSSR count). The van der Waals surface area contributed by atoms with Gasteiger partial charge in [-0.2, -0.15) is 0 Å². The Morgan fingerprint density at radius 2 is 0.709 bits per heavy atom. The van der Waals surface area contributed by atoms with Gasteiger partial charge in [0.15, 0.2) is 23.3 Å². The highest BCUT2D eigenvalue weighted by Crippen LogP contribution is 2.32. The van der Waals surface area contributed by atoms with Gasteiger partial charge < -0.3 is 61.3 Å². The van der Waals surface area contributed by atoms with Crippen LogP contribution in [0.3, 0.4) is 0 Å². The number of nitrogens with one attached hydrogen (secondary N) is 7. The van der Waals surface area contributed by atoms with Crippen molar-refractivity contribution in [1.82, 2.24) is 75.1 Å². The number of carbonyl (C=O) groups excluding carboxylic acids is 4. The molecule has 0 atom stereocenters. The zero-order chi connectivity index (χ0) is 93.0. The number of aromatic nitrogens is 14. The van der Waals surface area contributed by atoms with Crippen molar-refractivity contribution in [3.05, 3.63) is 321 Å². The number of nitrogens with two attached hydrogens (primary N) is 1. The van der Waals surface area contributed by atoms with Crippen LogP contribution >= 0.6 is 11.6 Å². The number of H-pyrrole nitrogens is 3. The van der Waals surface area contributed by atoms with Crippen molar-refractivity contribution >= 4 is 113 Å². The Labute approximate surface area is 772 Å². The van der Waals surface area contributed by atoms with Crippen LogP contribution in [0.4, 0.5) is 39.4 Å². The number of anilines is 3. The number of carboxylic acids is 1. The minimum Gasteiger partial charge on any atom is -0.478 e. The third kappa shape index (κ3) is 26.7. The molecule has 35 heteroatoms. The smallest absolute Gasteiger partial charge is 0.337 e. The molecular formula is C99H97ClF5N19O10. The lowest BCUT2D eigenvalue weighted by atomic mass is 10.1. The molecule has 690 valence electrons. The second-order valence-electron chi connectivity index (χ2n) is 28.3. The van der Waals surface area contributed by atoms with Gasteiger partial charge in [-0.05, 0) is 252 Å². The van der Waals surface area contributed by atoms with E-state index in [0.29, 0.717) is 161 Å². The Bertz CT molecular complexity index is 6940. The van der Waals surface area contributed by atoms with E-state index in [2.05, 4.69) is 101 Å². The summed E-state index contributed by atoms with van der Waals surface area (Å²) in [6.45, 7) is 9.21. The molecule has 7 heterocycles. The number of carboxylic acid groups (broad SMARTS) is 1. The molecule has 0 radical (unpaired) electrons. The second-order valence-corrected chi connectivity index (χ2v) is 28.7. The Hall–Kier alpha value is -16.2. The summed E-state index contributed by atoms with van der Waals surface area (Å²) >= 11 is 6.17. The van der Waals surface area contributed by atoms with Crippen LogP contribution in [0.5, 0.6) is 0 Å². The van der Waals surface area contributed by atoms with Gasteiger partial charge in [0.25, 0.3) is 11.5 Å². The largest absolute Gasteiger partial charge is 0.478 e. The number of ether oxygens (including phenoxy) is 3. The zero-order valence-corrected chi connectivity index (χ0v) is 72.0. The molecule has 29 nitrogen and oxygen atoms in total. The highest BCUT2D eigenvalue weighted by atomic mass is 35.5. The van der Waals surface area contributed by atoms with Gasteiger partial charge in [0.2, 0.25) is 0 Å². The number of benzene rings is 10. The monoisotopic (exact) mass is 1840 g/mol. The van der Waals surface area contributed by atoms with Gasteiger partial charge in [-0.25, -0.2) is 96.0 Å². The standard InChI is InChI=1S/C23H23FN6O.C18H16FN3O2.C17H14FN3O2.C16H10ClFN2O2.C16H11FN2O3.C6H11N3.3CH4/c1-2-25-22-18-10-7-16(23(31)28-11-3-4-20-26-12-13-27-20)14-19(18)29-21(30-22)15-5-8-17(24)9-6-15;1-3-20-17-14-9-6-12(18(23)24-2)10-15(14)21-16(22-17)11-4-7-13(19)8-5-11;1-2-19-16-13-8-5-11(17(22)23)9-14(13)20-15(21-16)10-3-6-12(18)7-4-10;1-22-16(21)10-4-7-12-13(8-10)19-15(20-14(12)17)9-2-5-11(18)6-3-9;1-22-16(21)10-4-7-12-13(8-10)18-14(19-15(12)20)9-2-5-11(17)6-3-9;7-3-1-2-6-8-4-5-9-6;;;/h5-10,12-14H,2-4,11H2,1H3,(H,26,27)(H,28,31)(H,25,29,30);4-10H,3H2,1-2H3,(H,20,21,22);3-9H,2H2,1H3,(H,22,23)(H,19,20,21);2-8H,1H3;2-8H,1H3,(H,18,19,20);4-5H,1-3,7H2,(H,8,9);3*1H4. The maximum absolute atomic E-state index is 13.3. The van der Waals surface area contributed by atoms with E-state index in [9.17, 15) is 50.7 Å². The van der Waals surface area contributed by atoms with Gasteiger partial charge in [0.1, 0.15) is 69.2 Å². The van der Waals surface area contributed by atoms with Crippen LogP contribution in [-0.4, -0.2) is 159 Å². The van der Waals surface area contributed by atoms with E-state index in [1.165, 1.54) is 124 Å². The van der Waals surface area contributed by atoms with Crippen molar-refractivity contribution in [3.8, 4) is 56.9 Å². The SMILES string of the molecule is C.C.C.CCNc1nc(-c2ccc(F)cc2)nc2cc(C(=O)NCCCc3ncc[nH]3)ccc12.CCNc1nc(-c2ccc(F)cc2)nc2cc(C(=O)O)ccc12.CCNc1nc(-c2ccc(F)cc2)nc2cc(C(=O)OC)ccc12.COC(=O)c1ccc2c(=O)[nH]c(-c3ccc(F)cc3)nc2c1.COC(=O)c1ccc2c(Cl)nc(-c3ccc(F)cc3)nc2c1.NCCCc1ncc[nH]1. The second kappa shape index (κ2) is 49.0. The van der Waals surface area contributed by atoms with Crippen LogP contribution in [0.15, 0.2) is 242 Å². The van der Waals surface area contributed by atoms with E-state index < -0.39 is 23.9 Å². The lowest BCUT2D eigenvalue weighted by Crippen LogP contribution is -2.24. The summed E-state index contributed by atoms with van der Waals surface area (Å²) in [6, 6.07) is 53.8. The predicted octanol–water partition coefficient (Wildman–Crippen LogP) is 19.8. The fraction of sp³-hybridized carbons (Fsp3) is 0.182. The number of esters is 3. The van der Waals surface area contributed by atoms with Crippen molar-refractivity contribution in [3.63, 3.8) is 0 Å². The first-order chi connectivity index (χ1) is 63.4. The highest BCUT2D eigenvalue weighted by Gasteiger charge is 2.20. The molecule has 7 aromatic heterocycles. The van der Waals surface area contributed by atoms with Crippen molar-refractivity contribution in [2.75, 3.05) is 70.0 Å². The number of nitrogens with zero attached hydrogens (tertiary/aromatic N) is 11. The van der Waals surface area contributed by atoms with Gasteiger partial charge in [0, 0.05) is 119 Å². The molecule has 0 fully saturated rings. The average molecular weight is 1840 g/mol. The molecule has 0 saturated carbocycles. The number of aromatic carboxylic acids is 1. The fourth-order valence-corrected chi connectivity index (χ4v) is 13.1. The van der Waals surface area contributed by atoms with Crippen LogP contribution in [0.25, 0.3) is 111 Å². The number of aromatic amines is 3. The number of fused-ring (bicyclic) bond motifs is 5. The first kappa shape index (κ1) is 102. The van der Waals surface area contributed by atoms with E-state index in [1.807, 2.05) is 33.0 Å². The molecule has 17 aromatic rings. The van der Waals surface area contributed by atoms with Gasteiger partial charge in [-0.3, -0.25) is 9.59 Å². The lowest BCUT2D eigenvalue weighted by molar-refractivity contribution is 0.0592. The van der Waals surface area contributed by atoms with Crippen molar-refractivity contribution in [2.24, 2.45) is 5.73 Å². The normalized spacial score (nSPS) is 10.4. The molecule has 10 N–H and O–H groups in total. The summed E-state index contributed by atoms with van der Waals surface area (Å²) in [7, 11) is 3.92. The average Bonchev–Trinajstić information content (AvgIpc) is 0.980. The van der Waals surface area contributed by atoms with Crippen LogP contribution in [0.2, 0.25) is 5.15 Å². The van der Waals surface area contributed by atoms with Crippen molar-refractivity contribution in [1.29, 1.82) is 0 Å². The number of halogens is 6. The summed E-state index contributed by atoms with van der Waals surface area (Å²) in [6.07, 6.45) is 10.6. The number of aryl methyl sites for hydroxylation is 2. The number of methoxy groups -OCH3 is 3. The van der Waals surface area contributed by atoms with E-state index in [-0.39, 0.29) is 73.5 Å². The van der Waals surface area contributed by atoms with Crippen molar-refractivity contribution in [2.45, 2.75) is 68.7 Å². The molecule has 0 bridgehead atoms. The quantitative estimate of drug-likeness (QED) is 0.00944. The minimum absolute atomic E-state index is 0. The predicted molar refractivity (Wildman–Crippen MR) is 511 cm³/mol. The number of rotatable bonds is 23. The number of hydrogen-bond acceptors (Lipinski definition) is 24. The van der Waals surface area contributed by atoms with Gasteiger partial charge in [0.05, 0.1) is 76.6 Å². The van der Waals surface area contributed by atoms with E-state index in [0.717, 1.165) is 60.0 Å². The highest BCUT2D eigenvalue weighted by molar-refractivity contribution is 6.34. The third-order valence-electron chi connectivity index (χ3n) is 19.4. The molecule has 134 heavy (non-hydrogen) atoms. The van der Waals surface area contributed by atoms with E-state index >= 15 is 0 Å². The Morgan fingerprint density at radius 3 is 1.06 bits per heavy atom. The number of amides is 1.